The van der Waals surface area contributed by atoms with Crippen molar-refractivity contribution in [3.8, 4) is 11.5 Å². The first-order valence-corrected chi connectivity index (χ1v) is 9.92. The Balaban J connectivity index is 1.98. The SMILES string of the molecule is OCCOCCOc1ccc(C(F)(F)C(F)(F)c2ccc(OCCOCCO)cc2)cc1. The molecule has 32 heavy (non-hydrogen) atoms. The van der Waals surface area contributed by atoms with Gasteiger partial charge in [-0.15, -0.1) is 0 Å². The van der Waals surface area contributed by atoms with Crippen LogP contribution in [0.25, 0.3) is 0 Å². The Hall–Kier alpha value is -2.40. The van der Waals surface area contributed by atoms with E-state index in [1.807, 2.05) is 0 Å². The van der Waals surface area contributed by atoms with Crippen LogP contribution in [-0.2, 0) is 21.3 Å². The van der Waals surface area contributed by atoms with Gasteiger partial charge in [-0.1, -0.05) is 0 Å². The molecule has 2 rings (SSSR count). The Labute approximate surface area is 183 Å². The fraction of sp³-hybridized carbons (Fsp3) is 0.455. The van der Waals surface area contributed by atoms with E-state index in [4.69, 9.17) is 29.2 Å². The first kappa shape index (κ1) is 25.9. The van der Waals surface area contributed by atoms with Crippen LogP contribution in [0.4, 0.5) is 17.6 Å². The standard InChI is InChI=1S/C22H26F4O6/c23-21(24,17-1-5-19(6-2-17)31-15-13-29-11-9-27)22(25,26)18-3-7-20(8-4-18)32-16-14-30-12-10-28/h1-8,27-28H,9-16H2. The number of hydrogen-bond acceptors (Lipinski definition) is 6. The van der Waals surface area contributed by atoms with Crippen LogP contribution in [0.2, 0.25) is 0 Å². The molecule has 6 nitrogen and oxygen atoms in total. The van der Waals surface area contributed by atoms with Gasteiger partial charge in [0.1, 0.15) is 24.7 Å². The monoisotopic (exact) mass is 462 g/mol. The Kier molecular flexibility index (Phi) is 10.2. The van der Waals surface area contributed by atoms with Crippen LogP contribution in [0.1, 0.15) is 11.1 Å². The van der Waals surface area contributed by atoms with E-state index in [-0.39, 0.29) is 64.4 Å². The lowest BCUT2D eigenvalue weighted by Gasteiger charge is -2.27. The van der Waals surface area contributed by atoms with E-state index >= 15 is 0 Å². The van der Waals surface area contributed by atoms with E-state index in [0.29, 0.717) is 0 Å². The Morgan fingerprint density at radius 3 is 1.19 bits per heavy atom. The first-order chi connectivity index (χ1) is 15.3. The molecule has 0 aliphatic carbocycles. The van der Waals surface area contributed by atoms with Crippen LogP contribution in [0.3, 0.4) is 0 Å². The van der Waals surface area contributed by atoms with E-state index in [0.717, 1.165) is 24.3 Å². The summed E-state index contributed by atoms with van der Waals surface area (Å²) >= 11 is 0. The minimum absolute atomic E-state index is 0.119. The Bertz CT molecular complexity index is 717. The van der Waals surface area contributed by atoms with Gasteiger partial charge in [-0.05, 0) is 48.5 Å². The van der Waals surface area contributed by atoms with Gasteiger partial charge in [0, 0.05) is 11.1 Å². The van der Waals surface area contributed by atoms with E-state index in [1.54, 1.807) is 0 Å². The Morgan fingerprint density at radius 1 is 0.531 bits per heavy atom. The van der Waals surface area contributed by atoms with E-state index in [9.17, 15) is 17.6 Å². The number of alkyl halides is 4. The third-order valence-corrected chi connectivity index (χ3v) is 4.29. The summed E-state index contributed by atoms with van der Waals surface area (Å²) in [6.07, 6.45) is 0. The molecule has 0 aliphatic heterocycles. The molecule has 10 heteroatoms. The van der Waals surface area contributed by atoms with Gasteiger partial charge in [0.2, 0.25) is 0 Å². The third-order valence-electron chi connectivity index (χ3n) is 4.29. The molecule has 0 saturated carbocycles. The molecule has 0 heterocycles. The maximum atomic E-state index is 14.7. The number of benzene rings is 2. The molecule has 0 spiro atoms. The number of rotatable bonds is 15. The fourth-order valence-electron chi connectivity index (χ4n) is 2.65. The van der Waals surface area contributed by atoms with Gasteiger partial charge in [-0.3, -0.25) is 0 Å². The van der Waals surface area contributed by atoms with Gasteiger partial charge in [0.15, 0.2) is 0 Å². The van der Waals surface area contributed by atoms with Crippen LogP contribution in [-0.4, -0.2) is 63.1 Å². The molecule has 0 atom stereocenters. The van der Waals surface area contributed by atoms with Crippen molar-refractivity contribution in [2.24, 2.45) is 0 Å². The summed E-state index contributed by atoms with van der Waals surface area (Å²) in [7, 11) is 0. The molecule has 178 valence electrons. The van der Waals surface area contributed by atoms with E-state index < -0.39 is 23.0 Å². The summed E-state index contributed by atoms with van der Waals surface area (Å²) < 4.78 is 79.2. The van der Waals surface area contributed by atoms with Crippen LogP contribution >= 0.6 is 0 Å². The topological polar surface area (TPSA) is 77.4 Å². The Morgan fingerprint density at radius 2 is 0.875 bits per heavy atom. The summed E-state index contributed by atoms with van der Waals surface area (Å²) in [4.78, 5) is 0. The van der Waals surface area contributed by atoms with Gasteiger partial charge >= 0.3 is 11.8 Å². The van der Waals surface area contributed by atoms with Crippen LogP contribution in [0.5, 0.6) is 11.5 Å². The first-order valence-electron chi connectivity index (χ1n) is 9.92. The molecule has 0 amide bonds. The van der Waals surface area contributed by atoms with Crippen LogP contribution in [0.15, 0.2) is 48.5 Å². The van der Waals surface area contributed by atoms with Crippen molar-refractivity contribution in [1.82, 2.24) is 0 Å². The maximum absolute atomic E-state index is 14.7. The molecule has 0 fully saturated rings. The van der Waals surface area contributed by atoms with Crippen molar-refractivity contribution in [2.45, 2.75) is 11.8 Å². The summed E-state index contributed by atoms with van der Waals surface area (Å²) in [6.45, 7) is 0.646. The molecular formula is C22H26F4O6. The van der Waals surface area contributed by atoms with Crippen LogP contribution < -0.4 is 9.47 Å². The van der Waals surface area contributed by atoms with Crippen molar-refractivity contribution in [2.75, 3.05) is 52.9 Å². The molecule has 2 aromatic carbocycles. The normalized spacial score (nSPS) is 12.1. The largest absolute Gasteiger partial charge is 0.491 e. The number of aliphatic hydroxyl groups excluding tert-OH is 2. The number of aliphatic hydroxyl groups is 2. The molecule has 0 radical (unpaired) electrons. The lowest BCUT2D eigenvalue weighted by molar-refractivity contribution is -0.223. The van der Waals surface area contributed by atoms with Gasteiger partial charge in [0.05, 0.1) is 39.6 Å². The summed E-state index contributed by atoms with van der Waals surface area (Å²) in [5.41, 5.74) is -1.71. The quantitative estimate of drug-likeness (QED) is 0.312. The highest BCUT2D eigenvalue weighted by Gasteiger charge is 2.58. The molecule has 0 aromatic heterocycles. The second kappa shape index (κ2) is 12.6. The second-order valence-corrected chi connectivity index (χ2v) is 6.57. The second-order valence-electron chi connectivity index (χ2n) is 6.57. The lowest BCUT2D eigenvalue weighted by atomic mass is 9.96. The maximum Gasteiger partial charge on any atom is 0.339 e. The van der Waals surface area contributed by atoms with Crippen molar-refractivity contribution in [3.63, 3.8) is 0 Å². The zero-order valence-electron chi connectivity index (χ0n) is 17.3. The molecular weight excluding hydrogens is 436 g/mol. The minimum Gasteiger partial charge on any atom is -0.491 e. The van der Waals surface area contributed by atoms with Crippen molar-refractivity contribution >= 4 is 0 Å². The molecule has 2 N–H and O–H groups in total. The molecule has 0 unspecified atom stereocenters. The number of hydrogen-bond donors (Lipinski definition) is 2. The minimum atomic E-state index is -4.46. The van der Waals surface area contributed by atoms with Crippen molar-refractivity contribution < 1.29 is 46.7 Å². The highest BCUT2D eigenvalue weighted by Crippen LogP contribution is 2.49. The lowest BCUT2D eigenvalue weighted by Crippen LogP contribution is -2.35. The molecule has 2 aromatic rings. The van der Waals surface area contributed by atoms with Gasteiger partial charge < -0.3 is 29.2 Å². The average Bonchev–Trinajstić information content (AvgIpc) is 2.79. The van der Waals surface area contributed by atoms with E-state index in [2.05, 4.69) is 0 Å². The fourth-order valence-corrected chi connectivity index (χ4v) is 2.65. The van der Waals surface area contributed by atoms with Gasteiger partial charge in [-0.25, -0.2) is 0 Å². The van der Waals surface area contributed by atoms with E-state index in [1.165, 1.54) is 24.3 Å². The zero-order chi connectivity index (χ0) is 23.5. The van der Waals surface area contributed by atoms with Gasteiger partial charge in [0.25, 0.3) is 0 Å². The predicted octanol–water partition coefficient (Wildman–Crippen LogP) is 3.35. The number of halogens is 4. The summed E-state index contributed by atoms with van der Waals surface area (Å²) in [6, 6.07) is 8.29. The van der Waals surface area contributed by atoms with Gasteiger partial charge in [-0.2, -0.15) is 17.6 Å². The number of ether oxygens (including phenoxy) is 4. The molecule has 0 bridgehead atoms. The third kappa shape index (κ3) is 7.06. The highest BCUT2D eigenvalue weighted by atomic mass is 19.3. The smallest absolute Gasteiger partial charge is 0.339 e. The summed E-state index contributed by atoms with van der Waals surface area (Å²) in [5, 5.41) is 17.2. The molecule has 0 aliphatic rings. The van der Waals surface area contributed by atoms with Crippen molar-refractivity contribution in [3.05, 3.63) is 59.7 Å². The van der Waals surface area contributed by atoms with Crippen molar-refractivity contribution in [1.29, 1.82) is 0 Å². The summed E-state index contributed by atoms with van der Waals surface area (Å²) in [5.74, 6) is -8.47. The highest BCUT2D eigenvalue weighted by molar-refractivity contribution is 5.36. The van der Waals surface area contributed by atoms with Crippen LogP contribution in [0, 0.1) is 0 Å². The zero-order valence-corrected chi connectivity index (χ0v) is 17.3. The molecule has 0 saturated heterocycles. The average molecular weight is 462 g/mol. The predicted molar refractivity (Wildman–Crippen MR) is 107 cm³/mol.